The first-order chi connectivity index (χ1) is 12.5. The Bertz CT molecular complexity index is 745. The Morgan fingerprint density at radius 3 is 2.54 bits per heavy atom. The first kappa shape index (κ1) is 19.2. The zero-order valence-electron chi connectivity index (χ0n) is 15.1. The zero-order chi connectivity index (χ0) is 18.9. The standard InChI is InChI=1S/C19H23N3O4/c1-4-25-15-9-7-14(8-10-15)22-18-16(6-5-11-20-18)19(24)21-12-17(23)26-13(2)3/h5-11,13H,4,12H2,1-3H3,(H,20,22)(H,21,24). The fraction of sp³-hybridized carbons (Fsp3) is 0.316. The zero-order valence-corrected chi connectivity index (χ0v) is 15.1. The summed E-state index contributed by atoms with van der Waals surface area (Å²) in [5, 5.41) is 5.64. The molecule has 2 rings (SSSR count). The number of aromatic nitrogens is 1. The van der Waals surface area contributed by atoms with E-state index in [9.17, 15) is 9.59 Å². The Labute approximate surface area is 152 Å². The maximum Gasteiger partial charge on any atom is 0.325 e. The second-order valence-corrected chi connectivity index (χ2v) is 5.70. The summed E-state index contributed by atoms with van der Waals surface area (Å²) in [6, 6.07) is 10.6. The number of nitrogens with zero attached hydrogens (tertiary/aromatic N) is 1. The number of anilines is 2. The number of ether oxygens (including phenoxy) is 2. The average Bonchev–Trinajstić information content (AvgIpc) is 2.61. The lowest BCUT2D eigenvalue weighted by atomic mass is 10.2. The van der Waals surface area contributed by atoms with Crippen LogP contribution in [0.1, 0.15) is 31.1 Å². The van der Waals surface area contributed by atoms with E-state index in [0.29, 0.717) is 18.0 Å². The van der Waals surface area contributed by atoms with Crippen LogP contribution in [0.15, 0.2) is 42.6 Å². The number of nitrogens with one attached hydrogen (secondary N) is 2. The van der Waals surface area contributed by atoms with E-state index in [0.717, 1.165) is 11.4 Å². The van der Waals surface area contributed by atoms with Gasteiger partial charge in [-0.2, -0.15) is 0 Å². The molecule has 138 valence electrons. The minimum absolute atomic E-state index is 0.200. The number of hydrogen-bond donors (Lipinski definition) is 2. The molecule has 0 aliphatic heterocycles. The number of amides is 1. The molecule has 7 nitrogen and oxygen atoms in total. The number of hydrogen-bond acceptors (Lipinski definition) is 6. The number of carbonyl (C=O) groups excluding carboxylic acids is 2. The Morgan fingerprint density at radius 2 is 1.88 bits per heavy atom. The number of benzene rings is 1. The molecule has 1 aromatic heterocycles. The van der Waals surface area contributed by atoms with Crippen LogP contribution in [0.25, 0.3) is 0 Å². The molecule has 1 heterocycles. The van der Waals surface area contributed by atoms with Crippen molar-refractivity contribution in [3.63, 3.8) is 0 Å². The summed E-state index contributed by atoms with van der Waals surface area (Å²) in [7, 11) is 0. The fourth-order valence-corrected chi connectivity index (χ4v) is 2.18. The van der Waals surface area contributed by atoms with E-state index in [4.69, 9.17) is 9.47 Å². The third kappa shape index (κ3) is 5.77. The largest absolute Gasteiger partial charge is 0.494 e. The van der Waals surface area contributed by atoms with E-state index in [-0.39, 0.29) is 12.6 Å². The molecule has 2 N–H and O–H groups in total. The first-order valence-corrected chi connectivity index (χ1v) is 8.42. The van der Waals surface area contributed by atoms with Gasteiger partial charge in [-0.15, -0.1) is 0 Å². The summed E-state index contributed by atoms with van der Waals surface area (Å²) >= 11 is 0. The molecule has 0 unspecified atom stereocenters. The van der Waals surface area contributed by atoms with Crippen LogP contribution in [0.4, 0.5) is 11.5 Å². The Hall–Kier alpha value is -3.09. The van der Waals surface area contributed by atoms with Crippen LogP contribution in [0, 0.1) is 0 Å². The minimum atomic E-state index is -0.488. The summed E-state index contributed by atoms with van der Waals surface area (Å²) in [5.74, 6) is 0.262. The molecule has 1 aromatic carbocycles. The monoisotopic (exact) mass is 357 g/mol. The molecule has 0 bridgehead atoms. The van der Waals surface area contributed by atoms with Gasteiger partial charge < -0.3 is 20.1 Å². The fourth-order valence-electron chi connectivity index (χ4n) is 2.18. The van der Waals surface area contributed by atoms with E-state index >= 15 is 0 Å². The third-order valence-corrected chi connectivity index (χ3v) is 3.24. The van der Waals surface area contributed by atoms with Crippen molar-refractivity contribution in [1.29, 1.82) is 0 Å². The van der Waals surface area contributed by atoms with E-state index < -0.39 is 11.9 Å². The number of pyridine rings is 1. The SMILES string of the molecule is CCOc1ccc(Nc2ncccc2C(=O)NCC(=O)OC(C)C)cc1. The molecule has 0 spiro atoms. The normalized spacial score (nSPS) is 10.3. The lowest BCUT2D eigenvalue weighted by Crippen LogP contribution is -2.32. The van der Waals surface area contributed by atoms with Gasteiger partial charge in [0.25, 0.3) is 5.91 Å². The van der Waals surface area contributed by atoms with Gasteiger partial charge in [0.1, 0.15) is 18.1 Å². The van der Waals surface area contributed by atoms with Crippen molar-refractivity contribution in [3.05, 3.63) is 48.2 Å². The van der Waals surface area contributed by atoms with Crippen LogP contribution >= 0.6 is 0 Å². The molecule has 2 aromatic rings. The van der Waals surface area contributed by atoms with Crippen LogP contribution in [-0.4, -0.2) is 36.1 Å². The molecule has 7 heteroatoms. The van der Waals surface area contributed by atoms with Gasteiger partial charge in [0.05, 0.1) is 18.3 Å². The lowest BCUT2D eigenvalue weighted by molar-refractivity contribution is -0.146. The number of carbonyl (C=O) groups is 2. The first-order valence-electron chi connectivity index (χ1n) is 8.42. The summed E-state index contributed by atoms with van der Waals surface area (Å²) in [6.45, 7) is 5.81. The van der Waals surface area contributed by atoms with Gasteiger partial charge in [-0.3, -0.25) is 9.59 Å². The van der Waals surface area contributed by atoms with Crippen molar-refractivity contribution in [2.45, 2.75) is 26.9 Å². The van der Waals surface area contributed by atoms with Crippen molar-refractivity contribution in [2.24, 2.45) is 0 Å². The predicted octanol–water partition coefficient (Wildman–Crippen LogP) is 2.91. The maximum atomic E-state index is 12.4. The second-order valence-electron chi connectivity index (χ2n) is 5.70. The molecular weight excluding hydrogens is 334 g/mol. The topological polar surface area (TPSA) is 89.5 Å². The maximum absolute atomic E-state index is 12.4. The summed E-state index contributed by atoms with van der Waals surface area (Å²) in [5.41, 5.74) is 1.10. The highest BCUT2D eigenvalue weighted by molar-refractivity contribution is 6.00. The molecule has 1 amide bonds. The molecule has 0 saturated carbocycles. The Balaban J connectivity index is 2.04. The summed E-state index contributed by atoms with van der Waals surface area (Å²) < 4.78 is 10.4. The molecule has 26 heavy (non-hydrogen) atoms. The van der Waals surface area contributed by atoms with Crippen molar-refractivity contribution in [1.82, 2.24) is 10.3 Å². The smallest absolute Gasteiger partial charge is 0.325 e. The van der Waals surface area contributed by atoms with Gasteiger partial charge in [-0.25, -0.2) is 4.98 Å². The Morgan fingerprint density at radius 1 is 1.15 bits per heavy atom. The molecule has 0 atom stereocenters. The molecule has 0 fully saturated rings. The van der Waals surface area contributed by atoms with Crippen molar-refractivity contribution in [2.75, 3.05) is 18.5 Å². The lowest BCUT2D eigenvalue weighted by Gasteiger charge is -2.12. The number of rotatable bonds is 8. The highest BCUT2D eigenvalue weighted by Crippen LogP contribution is 2.21. The molecular formula is C19H23N3O4. The minimum Gasteiger partial charge on any atom is -0.494 e. The van der Waals surface area contributed by atoms with Gasteiger partial charge in [0, 0.05) is 11.9 Å². The quantitative estimate of drug-likeness (QED) is 0.706. The third-order valence-electron chi connectivity index (χ3n) is 3.24. The second kappa shape index (κ2) is 9.41. The number of esters is 1. The van der Waals surface area contributed by atoms with Crippen molar-refractivity contribution in [3.8, 4) is 5.75 Å². The van der Waals surface area contributed by atoms with Crippen LogP contribution in [0.5, 0.6) is 5.75 Å². The van der Waals surface area contributed by atoms with Crippen molar-refractivity contribution < 1.29 is 19.1 Å². The molecule has 0 aliphatic rings. The van der Waals surface area contributed by atoms with Crippen molar-refractivity contribution >= 4 is 23.4 Å². The predicted molar refractivity (Wildman–Crippen MR) is 98.7 cm³/mol. The van der Waals surface area contributed by atoms with E-state index in [1.54, 1.807) is 32.2 Å². The molecule has 0 saturated heterocycles. The van der Waals surface area contributed by atoms with E-state index in [1.165, 1.54) is 0 Å². The highest BCUT2D eigenvalue weighted by Gasteiger charge is 2.14. The van der Waals surface area contributed by atoms with Gasteiger partial charge in [-0.05, 0) is 57.2 Å². The van der Waals surface area contributed by atoms with Crippen LogP contribution in [0.2, 0.25) is 0 Å². The average molecular weight is 357 g/mol. The van der Waals surface area contributed by atoms with Crippen LogP contribution in [-0.2, 0) is 9.53 Å². The highest BCUT2D eigenvalue weighted by atomic mass is 16.5. The van der Waals surface area contributed by atoms with Crippen LogP contribution < -0.4 is 15.4 Å². The summed E-state index contributed by atoms with van der Waals surface area (Å²) in [4.78, 5) is 28.1. The van der Waals surface area contributed by atoms with E-state index in [1.807, 2.05) is 31.2 Å². The van der Waals surface area contributed by atoms with E-state index in [2.05, 4.69) is 15.6 Å². The van der Waals surface area contributed by atoms with Crippen LogP contribution in [0.3, 0.4) is 0 Å². The molecule has 0 radical (unpaired) electrons. The summed E-state index contributed by atoms with van der Waals surface area (Å²) in [6.07, 6.45) is 1.36. The van der Waals surface area contributed by atoms with Gasteiger partial charge in [-0.1, -0.05) is 0 Å². The Kier molecular flexibility index (Phi) is 6.96. The molecule has 0 aliphatic carbocycles. The van der Waals surface area contributed by atoms with Gasteiger partial charge in [0.15, 0.2) is 0 Å². The van der Waals surface area contributed by atoms with Gasteiger partial charge in [0.2, 0.25) is 0 Å². The van der Waals surface area contributed by atoms with Gasteiger partial charge >= 0.3 is 5.97 Å².